The molecule has 0 fully saturated rings. The Labute approximate surface area is 162 Å². The number of hydrogen-bond acceptors (Lipinski definition) is 5. The van der Waals surface area contributed by atoms with Crippen LogP contribution in [0.25, 0.3) is 9.88 Å². The molecule has 4 nitrogen and oxygen atoms in total. The van der Waals surface area contributed by atoms with Gasteiger partial charge in [0.25, 0.3) is 5.91 Å². The quantitative estimate of drug-likeness (QED) is 0.583. The molecule has 6 heteroatoms. The van der Waals surface area contributed by atoms with E-state index in [-0.39, 0.29) is 5.91 Å². The standard InChI is InChI=1S/C20H23N3OS2/c1-15-18(26-20(22-15)17-10-6-13-25-17)19(24)21-11-7-12-23(2)14-16-8-4-3-5-9-16/h3-6,8-10,13H,7,11-12,14H2,1-2H3,(H,21,24). The molecule has 0 bridgehead atoms. The highest BCUT2D eigenvalue weighted by Gasteiger charge is 2.16. The van der Waals surface area contributed by atoms with Crippen molar-refractivity contribution >= 4 is 28.6 Å². The Kier molecular flexibility index (Phi) is 6.55. The molecule has 3 aromatic rings. The van der Waals surface area contributed by atoms with Crippen LogP contribution in [0.2, 0.25) is 0 Å². The van der Waals surface area contributed by atoms with Crippen LogP contribution in [0.4, 0.5) is 0 Å². The van der Waals surface area contributed by atoms with Gasteiger partial charge in [0, 0.05) is 13.1 Å². The van der Waals surface area contributed by atoms with Gasteiger partial charge >= 0.3 is 0 Å². The number of hydrogen-bond donors (Lipinski definition) is 1. The van der Waals surface area contributed by atoms with Crippen molar-refractivity contribution in [3.8, 4) is 9.88 Å². The van der Waals surface area contributed by atoms with Crippen molar-refractivity contribution in [3.63, 3.8) is 0 Å². The van der Waals surface area contributed by atoms with E-state index in [1.165, 1.54) is 16.9 Å². The van der Waals surface area contributed by atoms with Crippen LogP contribution < -0.4 is 5.32 Å². The second-order valence-corrected chi connectivity index (χ2v) is 8.19. The molecule has 3 rings (SSSR count). The lowest BCUT2D eigenvalue weighted by atomic mass is 10.2. The number of thiazole rings is 1. The van der Waals surface area contributed by atoms with Crippen LogP contribution in [0, 0.1) is 6.92 Å². The molecule has 2 aromatic heterocycles. The lowest BCUT2D eigenvalue weighted by Gasteiger charge is -2.16. The summed E-state index contributed by atoms with van der Waals surface area (Å²) < 4.78 is 0. The van der Waals surface area contributed by atoms with E-state index in [0.29, 0.717) is 11.4 Å². The van der Waals surface area contributed by atoms with Crippen LogP contribution in [-0.2, 0) is 6.54 Å². The third kappa shape index (κ3) is 5.00. The Morgan fingerprint density at radius 1 is 1.19 bits per heavy atom. The van der Waals surface area contributed by atoms with Gasteiger partial charge in [0.05, 0.1) is 10.6 Å². The maximum atomic E-state index is 12.4. The monoisotopic (exact) mass is 385 g/mol. The van der Waals surface area contributed by atoms with Crippen molar-refractivity contribution in [3.05, 3.63) is 64.0 Å². The first-order chi connectivity index (χ1) is 12.6. The number of nitrogens with one attached hydrogen (secondary N) is 1. The van der Waals surface area contributed by atoms with Crippen LogP contribution in [0.15, 0.2) is 47.8 Å². The summed E-state index contributed by atoms with van der Waals surface area (Å²) in [5, 5.41) is 5.97. The van der Waals surface area contributed by atoms with E-state index in [1.54, 1.807) is 11.3 Å². The minimum absolute atomic E-state index is 0.0199. The molecule has 1 amide bonds. The summed E-state index contributed by atoms with van der Waals surface area (Å²) in [7, 11) is 2.11. The number of amides is 1. The highest BCUT2D eigenvalue weighted by molar-refractivity contribution is 7.22. The van der Waals surface area contributed by atoms with Crippen LogP contribution in [-0.4, -0.2) is 35.9 Å². The van der Waals surface area contributed by atoms with E-state index >= 15 is 0 Å². The van der Waals surface area contributed by atoms with Gasteiger partial charge < -0.3 is 10.2 Å². The third-order valence-corrected chi connectivity index (χ3v) is 6.23. The summed E-state index contributed by atoms with van der Waals surface area (Å²) in [5.41, 5.74) is 2.11. The number of thiophene rings is 1. The average Bonchev–Trinajstić information content (AvgIpc) is 3.29. The largest absolute Gasteiger partial charge is 0.351 e. The molecule has 0 saturated carbocycles. The van der Waals surface area contributed by atoms with E-state index < -0.39 is 0 Å². The fourth-order valence-corrected chi connectivity index (χ4v) is 4.50. The molecule has 0 aliphatic heterocycles. The predicted molar refractivity (Wildman–Crippen MR) is 110 cm³/mol. The lowest BCUT2D eigenvalue weighted by molar-refractivity contribution is 0.0955. The lowest BCUT2D eigenvalue weighted by Crippen LogP contribution is -2.28. The normalized spacial score (nSPS) is 11.0. The molecule has 2 heterocycles. The van der Waals surface area contributed by atoms with Crippen molar-refractivity contribution in [1.82, 2.24) is 15.2 Å². The van der Waals surface area contributed by atoms with Gasteiger partial charge in [-0.15, -0.1) is 22.7 Å². The fourth-order valence-electron chi connectivity index (χ4n) is 2.72. The highest BCUT2D eigenvalue weighted by Crippen LogP contribution is 2.30. The van der Waals surface area contributed by atoms with E-state index in [9.17, 15) is 4.79 Å². The van der Waals surface area contributed by atoms with Gasteiger partial charge in [-0.05, 0) is 43.9 Å². The van der Waals surface area contributed by atoms with Crippen molar-refractivity contribution in [2.75, 3.05) is 20.1 Å². The van der Waals surface area contributed by atoms with Crippen LogP contribution in [0.5, 0.6) is 0 Å². The molecule has 1 aromatic carbocycles. The smallest absolute Gasteiger partial charge is 0.263 e. The first kappa shape index (κ1) is 18.8. The second-order valence-electron chi connectivity index (χ2n) is 6.24. The van der Waals surface area contributed by atoms with Crippen molar-refractivity contribution in [2.45, 2.75) is 19.9 Å². The van der Waals surface area contributed by atoms with Crippen LogP contribution in [0.3, 0.4) is 0 Å². The third-order valence-electron chi connectivity index (χ3n) is 4.03. The van der Waals surface area contributed by atoms with Crippen molar-refractivity contribution in [1.29, 1.82) is 0 Å². The molecule has 0 aliphatic rings. The zero-order chi connectivity index (χ0) is 18.4. The van der Waals surface area contributed by atoms with Gasteiger partial charge in [-0.1, -0.05) is 36.4 Å². The molecule has 0 saturated heterocycles. The zero-order valence-corrected chi connectivity index (χ0v) is 16.7. The Morgan fingerprint density at radius 2 is 2.00 bits per heavy atom. The molecule has 26 heavy (non-hydrogen) atoms. The molecule has 136 valence electrons. The SMILES string of the molecule is Cc1nc(-c2cccs2)sc1C(=O)NCCCN(C)Cc1ccccc1. The minimum Gasteiger partial charge on any atom is -0.351 e. The molecule has 0 radical (unpaired) electrons. The average molecular weight is 386 g/mol. The Morgan fingerprint density at radius 3 is 2.73 bits per heavy atom. The second kappa shape index (κ2) is 9.07. The Hall–Kier alpha value is -2.02. The summed E-state index contributed by atoms with van der Waals surface area (Å²) in [6, 6.07) is 14.5. The van der Waals surface area contributed by atoms with Crippen LogP contribution >= 0.6 is 22.7 Å². The van der Waals surface area contributed by atoms with E-state index in [1.807, 2.05) is 30.5 Å². The summed E-state index contributed by atoms with van der Waals surface area (Å²) in [4.78, 5) is 21.1. The minimum atomic E-state index is -0.0199. The van der Waals surface area contributed by atoms with Gasteiger partial charge in [-0.25, -0.2) is 4.98 Å². The van der Waals surface area contributed by atoms with Gasteiger partial charge in [-0.3, -0.25) is 4.79 Å². The summed E-state index contributed by atoms with van der Waals surface area (Å²) >= 11 is 3.11. The summed E-state index contributed by atoms with van der Waals surface area (Å²) in [6.45, 7) is 4.43. The number of aryl methyl sites for hydroxylation is 1. The van der Waals surface area contributed by atoms with E-state index in [0.717, 1.165) is 35.1 Å². The molecule has 0 atom stereocenters. The Bertz CT molecular complexity index is 828. The first-order valence-electron chi connectivity index (χ1n) is 8.65. The summed E-state index contributed by atoms with van der Waals surface area (Å²) in [5.74, 6) is -0.0199. The number of carbonyl (C=O) groups is 1. The van der Waals surface area contributed by atoms with Gasteiger partial charge in [0.2, 0.25) is 0 Å². The van der Waals surface area contributed by atoms with Crippen molar-refractivity contribution in [2.24, 2.45) is 0 Å². The van der Waals surface area contributed by atoms with E-state index in [4.69, 9.17) is 0 Å². The molecular formula is C20H23N3OS2. The molecule has 0 unspecified atom stereocenters. The number of rotatable bonds is 8. The van der Waals surface area contributed by atoms with Gasteiger partial charge in [-0.2, -0.15) is 0 Å². The van der Waals surface area contributed by atoms with Crippen molar-refractivity contribution < 1.29 is 4.79 Å². The maximum Gasteiger partial charge on any atom is 0.263 e. The molecule has 0 spiro atoms. The van der Waals surface area contributed by atoms with E-state index in [2.05, 4.69) is 46.5 Å². The van der Waals surface area contributed by atoms with Gasteiger partial charge in [0.1, 0.15) is 9.88 Å². The Balaban J connectivity index is 1.44. The highest BCUT2D eigenvalue weighted by atomic mass is 32.1. The summed E-state index contributed by atoms with van der Waals surface area (Å²) in [6.07, 6.45) is 0.921. The first-order valence-corrected chi connectivity index (χ1v) is 10.3. The fraction of sp³-hybridized carbons (Fsp3) is 0.300. The number of carbonyl (C=O) groups excluding carboxylic acids is 1. The molecular weight excluding hydrogens is 362 g/mol. The zero-order valence-electron chi connectivity index (χ0n) is 15.1. The van der Waals surface area contributed by atoms with Crippen LogP contribution in [0.1, 0.15) is 27.3 Å². The molecule has 1 N–H and O–H groups in total. The predicted octanol–water partition coefficient (Wildman–Crippen LogP) is 4.43. The van der Waals surface area contributed by atoms with Gasteiger partial charge in [0.15, 0.2) is 0 Å². The number of aromatic nitrogens is 1. The molecule has 0 aliphatic carbocycles. The number of nitrogens with zero attached hydrogens (tertiary/aromatic N) is 2. The number of benzene rings is 1. The maximum absolute atomic E-state index is 12.4. The topological polar surface area (TPSA) is 45.2 Å².